The zero-order valence-corrected chi connectivity index (χ0v) is 17.0. The lowest BCUT2D eigenvalue weighted by Crippen LogP contribution is -2.54. The SMILES string of the molecule is COc1ccccc1CNC(=O)CN1C(=O)N[C@]2(C[C@H](C)CC(C)(C)C2)C1=O. The largest absolute Gasteiger partial charge is 0.496 e. The van der Waals surface area contributed by atoms with Crippen LogP contribution in [0.25, 0.3) is 0 Å². The third kappa shape index (κ3) is 3.98. The van der Waals surface area contributed by atoms with Crippen LogP contribution < -0.4 is 15.4 Å². The molecule has 0 bridgehead atoms. The van der Waals surface area contributed by atoms with Crippen LogP contribution in [-0.2, 0) is 16.1 Å². The molecule has 2 aliphatic rings. The second kappa shape index (κ2) is 7.45. The number of carbonyl (C=O) groups is 3. The molecular weight excluding hydrogens is 358 g/mol. The van der Waals surface area contributed by atoms with Gasteiger partial charge in [-0.25, -0.2) is 4.79 Å². The van der Waals surface area contributed by atoms with Crippen molar-refractivity contribution < 1.29 is 19.1 Å². The van der Waals surface area contributed by atoms with E-state index in [9.17, 15) is 14.4 Å². The van der Waals surface area contributed by atoms with Crippen LogP contribution in [0.4, 0.5) is 4.79 Å². The van der Waals surface area contributed by atoms with Crippen LogP contribution in [-0.4, -0.2) is 41.9 Å². The molecule has 1 aliphatic heterocycles. The molecule has 1 aromatic rings. The van der Waals surface area contributed by atoms with Crippen LogP contribution >= 0.6 is 0 Å². The fourth-order valence-electron chi connectivity index (χ4n) is 4.89. The Morgan fingerprint density at radius 1 is 1.29 bits per heavy atom. The van der Waals surface area contributed by atoms with Gasteiger partial charge in [0.1, 0.15) is 17.8 Å². The zero-order chi connectivity index (χ0) is 20.5. The van der Waals surface area contributed by atoms with Crippen molar-refractivity contribution in [2.24, 2.45) is 11.3 Å². The number of nitrogens with zero attached hydrogens (tertiary/aromatic N) is 1. The number of methoxy groups -OCH3 is 1. The van der Waals surface area contributed by atoms with Gasteiger partial charge in [0.25, 0.3) is 5.91 Å². The van der Waals surface area contributed by atoms with Crippen molar-refractivity contribution in [1.29, 1.82) is 0 Å². The van der Waals surface area contributed by atoms with Gasteiger partial charge in [0.05, 0.1) is 7.11 Å². The molecule has 1 aliphatic carbocycles. The summed E-state index contributed by atoms with van der Waals surface area (Å²) in [5, 5.41) is 5.66. The summed E-state index contributed by atoms with van der Waals surface area (Å²) in [6, 6.07) is 6.89. The molecule has 1 aromatic carbocycles. The Bertz CT molecular complexity index is 792. The van der Waals surface area contributed by atoms with Crippen molar-refractivity contribution in [3.05, 3.63) is 29.8 Å². The number of ether oxygens (including phenoxy) is 1. The quantitative estimate of drug-likeness (QED) is 0.760. The molecule has 2 fully saturated rings. The van der Waals surface area contributed by atoms with Crippen LogP contribution in [0.2, 0.25) is 0 Å². The number of benzene rings is 1. The molecule has 0 unspecified atom stereocenters. The average Bonchev–Trinajstić information content (AvgIpc) is 2.81. The van der Waals surface area contributed by atoms with Crippen molar-refractivity contribution in [3.8, 4) is 5.75 Å². The fourth-order valence-corrected chi connectivity index (χ4v) is 4.89. The van der Waals surface area contributed by atoms with E-state index in [2.05, 4.69) is 31.4 Å². The van der Waals surface area contributed by atoms with Gasteiger partial charge in [0.15, 0.2) is 0 Å². The van der Waals surface area contributed by atoms with E-state index in [0.717, 1.165) is 16.9 Å². The number of nitrogens with one attached hydrogen (secondary N) is 2. The lowest BCUT2D eigenvalue weighted by Gasteiger charge is -2.43. The normalized spacial score (nSPS) is 26.3. The van der Waals surface area contributed by atoms with Crippen LogP contribution in [0.5, 0.6) is 5.75 Å². The minimum Gasteiger partial charge on any atom is -0.496 e. The number of urea groups is 1. The first-order chi connectivity index (χ1) is 13.2. The van der Waals surface area contributed by atoms with Gasteiger partial charge < -0.3 is 15.4 Å². The van der Waals surface area contributed by atoms with Crippen LogP contribution in [0.3, 0.4) is 0 Å². The van der Waals surface area contributed by atoms with Crippen molar-refractivity contribution >= 4 is 17.8 Å². The zero-order valence-electron chi connectivity index (χ0n) is 17.0. The van der Waals surface area contributed by atoms with Crippen molar-refractivity contribution in [2.75, 3.05) is 13.7 Å². The maximum Gasteiger partial charge on any atom is 0.325 e. The molecule has 2 atom stereocenters. The number of hydrogen-bond donors (Lipinski definition) is 2. The molecule has 7 nitrogen and oxygen atoms in total. The fraction of sp³-hybridized carbons (Fsp3) is 0.571. The van der Waals surface area contributed by atoms with Gasteiger partial charge in [-0.15, -0.1) is 0 Å². The Hall–Kier alpha value is -2.57. The van der Waals surface area contributed by atoms with Gasteiger partial charge in [0, 0.05) is 12.1 Å². The third-order valence-electron chi connectivity index (χ3n) is 5.59. The predicted molar refractivity (Wildman–Crippen MR) is 105 cm³/mol. The molecule has 0 radical (unpaired) electrons. The summed E-state index contributed by atoms with van der Waals surface area (Å²) in [4.78, 5) is 39.0. The van der Waals surface area contributed by atoms with Crippen LogP contribution in [0, 0.1) is 11.3 Å². The minimum atomic E-state index is -0.888. The highest BCUT2D eigenvalue weighted by Gasteiger charge is 2.56. The monoisotopic (exact) mass is 387 g/mol. The summed E-state index contributed by atoms with van der Waals surface area (Å²) < 4.78 is 5.27. The van der Waals surface area contributed by atoms with E-state index < -0.39 is 11.6 Å². The lowest BCUT2D eigenvalue weighted by molar-refractivity contribution is -0.137. The van der Waals surface area contributed by atoms with Crippen molar-refractivity contribution in [1.82, 2.24) is 15.5 Å². The van der Waals surface area contributed by atoms with Gasteiger partial charge in [-0.2, -0.15) is 0 Å². The third-order valence-corrected chi connectivity index (χ3v) is 5.59. The van der Waals surface area contributed by atoms with Crippen molar-refractivity contribution in [3.63, 3.8) is 0 Å². The van der Waals surface area contributed by atoms with Crippen LogP contribution in [0.15, 0.2) is 24.3 Å². The molecule has 1 heterocycles. The van der Waals surface area contributed by atoms with E-state index in [-0.39, 0.29) is 30.3 Å². The van der Waals surface area contributed by atoms with E-state index in [1.165, 1.54) is 0 Å². The molecule has 28 heavy (non-hydrogen) atoms. The number of carbonyl (C=O) groups excluding carboxylic acids is 3. The average molecular weight is 387 g/mol. The summed E-state index contributed by atoms with van der Waals surface area (Å²) in [7, 11) is 1.57. The minimum absolute atomic E-state index is 0.0390. The number of imide groups is 1. The van der Waals surface area contributed by atoms with Crippen molar-refractivity contribution in [2.45, 2.75) is 52.1 Å². The summed E-state index contributed by atoms with van der Waals surface area (Å²) in [5.74, 6) is 0.335. The van der Waals surface area contributed by atoms with E-state index in [0.29, 0.717) is 24.5 Å². The maximum atomic E-state index is 13.1. The van der Waals surface area contributed by atoms with E-state index in [4.69, 9.17) is 4.74 Å². The predicted octanol–water partition coefficient (Wildman–Crippen LogP) is 2.45. The van der Waals surface area contributed by atoms with Gasteiger partial charge >= 0.3 is 6.03 Å². The second-order valence-corrected chi connectivity index (χ2v) is 8.85. The highest BCUT2D eigenvalue weighted by atomic mass is 16.5. The van der Waals surface area contributed by atoms with Crippen LogP contribution in [0.1, 0.15) is 45.6 Å². The Labute approximate surface area is 165 Å². The standard InChI is InChI=1S/C21H29N3O4/c1-14-9-20(2,3)13-21(10-14)18(26)24(19(27)23-21)12-17(25)22-11-15-7-5-6-8-16(15)28-4/h5-8,14H,9-13H2,1-4H3,(H,22,25)(H,23,27)/t14-,21+/m1/s1. The van der Waals surface area contributed by atoms with E-state index in [1.807, 2.05) is 24.3 Å². The topological polar surface area (TPSA) is 87.7 Å². The molecule has 152 valence electrons. The smallest absolute Gasteiger partial charge is 0.325 e. The van der Waals surface area contributed by atoms with E-state index in [1.54, 1.807) is 7.11 Å². The number of rotatable bonds is 5. The molecule has 1 saturated carbocycles. The van der Waals surface area contributed by atoms with E-state index >= 15 is 0 Å². The molecule has 4 amide bonds. The van der Waals surface area contributed by atoms with Gasteiger partial charge in [-0.05, 0) is 36.7 Å². The summed E-state index contributed by atoms with van der Waals surface area (Å²) >= 11 is 0. The first-order valence-corrected chi connectivity index (χ1v) is 9.68. The number of hydrogen-bond acceptors (Lipinski definition) is 4. The molecule has 0 aromatic heterocycles. The maximum absolute atomic E-state index is 13.1. The Morgan fingerprint density at radius 2 is 2.00 bits per heavy atom. The molecular formula is C21H29N3O4. The summed E-state index contributed by atoms with van der Waals surface area (Å²) in [6.45, 7) is 6.32. The summed E-state index contributed by atoms with van der Waals surface area (Å²) in [6.07, 6.45) is 2.21. The first-order valence-electron chi connectivity index (χ1n) is 9.68. The highest BCUT2D eigenvalue weighted by Crippen LogP contribution is 2.46. The lowest BCUT2D eigenvalue weighted by atomic mass is 9.64. The van der Waals surface area contributed by atoms with Gasteiger partial charge in [-0.1, -0.05) is 39.0 Å². The Balaban J connectivity index is 1.65. The van der Waals surface area contributed by atoms with Gasteiger partial charge in [0.2, 0.25) is 5.91 Å². The second-order valence-electron chi connectivity index (χ2n) is 8.85. The highest BCUT2D eigenvalue weighted by molar-refractivity contribution is 6.09. The molecule has 3 rings (SSSR count). The Kier molecular flexibility index (Phi) is 5.37. The number of para-hydroxylation sites is 1. The molecule has 2 N–H and O–H groups in total. The molecule has 7 heteroatoms. The first kappa shape index (κ1) is 20.2. The molecule has 1 saturated heterocycles. The summed E-state index contributed by atoms with van der Waals surface area (Å²) in [5.41, 5.74) is -0.0981. The number of amides is 4. The Morgan fingerprint density at radius 3 is 2.68 bits per heavy atom. The van der Waals surface area contributed by atoms with Gasteiger partial charge in [-0.3, -0.25) is 14.5 Å². The molecule has 1 spiro atoms.